The summed E-state index contributed by atoms with van der Waals surface area (Å²) in [4.78, 5) is 201. The fraction of sp³-hybridized carbons (Fsp3) is 0.633. The van der Waals surface area contributed by atoms with Gasteiger partial charge in [0, 0.05) is 25.8 Å². The third kappa shape index (κ3) is 33.3. The van der Waals surface area contributed by atoms with E-state index >= 15 is 0 Å². The van der Waals surface area contributed by atoms with Crippen LogP contribution in [-0.4, -0.2) is 219 Å². The first kappa shape index (κ1) is 84.8. The molecule has 1 aromatic carbocycles. The first-order valence-corrected chi connectivity index (χ1v) is 32.6. The lowest BCUT2D eigenvalue weighted by molar-refractivity contribution is -0.143. The van der Waals surface area contributed by atoms with Gasteiger partial charge in [-0.05, 0) is 80.8 Å². The summed E-state index contributed by atoms with van der Waals surface area (Å²) in [6.45, 7) is 9.88. The number of benzene rings is 1. The number of nitrogens with zero attached hydrogens (tertiary/aromatic N) is 1. The molecule has 36 heteroatoms. The zero-order valence-corrected chi connectivity index (χ0v) is 56.0. The van der Waals surface area contributed by atoms with Gasteiger partial charge in [0.25, 0.3) is 0 Å². The third-order valence-electron chi connectivity index (χ3n) is 14.9. The summed E-state index contributed by atoms with van der Waals surface area (Å²) >= 11 is 1.38. The zero-order chi connectivity index (χ0) is 72.9. The zero-order valence-electron chi connectivity index (χ0n) is 55.2. The molecule has 0 aliphatic rings. The fourth-order valence-corrected chi connectivity index (χ4v) is 9.47. The number of carboxylic acids is 4. The number of carbonyl (C=O) groups is 15. The number of nitrogens with one attached hydrogen (secondary N) is 11. The Labute approximate surface area is 560 Å². The van der Waals surface area contributed by atoms with Crippen molar-refractivity contribution >= 4 is 107 Å². The number of carbonyl (C=O) groups excluding carboxylic acids is 11. The van der Waals surface area contributed by atoms with Gasteiger partial charge >= 0.3 is 23.9 Å². The molecular formula is C60H97N15O20S. The highest BCUT2D eigenvalue weighted by molar-refractivity contribution is 7.98. The van der Waals surface area contributed by atoms with Crippen LogP contribution >= 0.6 is 11.8 Å². The van der Waals surface area contributed by atoms with Crippen LogP contribution in [0.5, 0.6) is 0 Å². The van der Waals surface area contributed by atoms with E-state index in [-0.39, 0.29) is 62.4 Å². The number of aliphatic imine (C=N–C) groups is 1. The van der Waals surface area contributed by atoms with Crippen LogP contribution < -0.4 is 75.7 Å². The molecule has 1 aromatic rings. The van der Waals surface area contributed by atoms with Gasteiger partial charge in [-0.25, -0.2) is 4.79 Å². The maximum atomic E-state index is 14.4. The molecule has 0 saturated carbocycles. The van der Waals surface area contributed by atoms with E-state index in [1.807, 2.05) is 13.8 Å². The molecule has 13 atom stereocenters. The minimum atomic E-state index is -2.01. The van der Waals surface area contributed by atoms with Crippen LogP contribution in [0.25, 0.3) is 0 Å². The first-order valence-electron chi connectivity index (χ1n) is 31.2. The number of carboxylic acid groups (broad SMARTS) is 4. The van der Waals surface area contributed by atoms with Gasteiger partial charge < -0.3 is 101 Å². The number of aliphatic hydroxyl groups excluding tert-OH is 1. The van der Waals surface area contributed by atoms with Crippen LogP contribution in [0.15, 0.2) is 35.3 Å². The number of aliphatic carboxylic acids is 4. The third-order valence-corrected chi connectivity index (χ3v) is 15.6. The average molecular weight is 1380 g/mol. The topological polar surface area (TPSA) is 580 Å². The van der Waals surface area contributed by atoms with E-state index in [4.69, 9.17) is 17.2 Å². The smallest absolute Gasteiger partial charge is 0.326 e. The number of guanidine groups is 1. The Kier molecular flexibility index (Phi) is 39.3. The lowest BCUT2D eigenvalue weighted by atomic mass is 9.95. The lowest BCUT2D eigenvalue weighted by Crippen LogP contribution is -2.62. The highest BCUT2D eigenvalue weighted by Crippen LogP contribution is 2.15. The van der Waals surface area contributed by atoms with Gasteiger partial charge in [-0.15, -0.1) is 0 Å². The van der Waals surface area contributed by atoms with Crippen LogP contribution in [0.3, 0.4) is 0 Å². The van der Waals surface area contributed by atoms with E-state index in [0.717, 1.165) is 6.92 Å². The van der Waals surface area contributed by atoms with Crippen LogP contribution in [-0.2, 0) is 78.3 Å². The van der Waals surface area contributed by atoms with Gasteiger partial charge in [0.05, 0.1) is 31.7 Å². The van der Waals surface area contributed by atoms with Crippen LogP contribution in [0.2, 0.25) is 0 Å². The molecular weight excluding hydrogens is 1280 g/mol. The molecule has 22 N–H and O–H groups in total. The summed E-state index contributed by atoms with van der Waals surface area (Å²) in [6.07, 6.45) is -3.03. The van der Waals surface area contributed by atoms with Crippen molar-refractivity contribution < 1.29 is 97.5 Å². The highest BCUT2D eigenvalue weighted by Gasteiger charge is 2.38. The Morgan fingerprint density at radius 1 is 0.500 bits per heavy atom. The number of hydrogen-bond acceptors (Lipinski definition) is 19. The van der Waals surface area contributed by atoms with Crippen molar-refractivity contribution in [2.45, 2.75) is 192 Å². The second kappa shape index (κ2) is 44.5. The normalized spacial score (nSPS) is 15.1. The molecule has 35 nitrogen and oxygen atoms in total. The molecule has 0 aliphatic carbocycles. The average Bonchev–Trinajstić information content (AvgIpc) is 0.915. The molecule has 1 rings (SSSR count). The number of thioether (sulfide) groups is 1. The van der Waals surface area contributed by atoms with E-state index in [9.17, 15) is 97.5 Å². The van der Waals surface area contributed by atoms with Crippen molar-refractivity contribution in [3.05, 3.63) is 35.9 Å². The maximum Gasteiger partial charge on any atom is 0.326 e. The van der Waals surface area contributed by atoms with Crippen molar-refractivity contribution in [3.8, 4) is 0 Å². The molecule has 0 spiro atoms. The van der Waals surface area contributed by atoms with E-state index in [1.165, 1.54) is 11.8 Å². The Morgan fingerprint density at radius 3 is 1.48 bits per heavy atom. The largest absolute Gasteiger partial charge is 0.481 e. The van der Waals surface area contributed by atoms with Crippen LogP contribution in [0.4, 0.5) is 0 Å². The summed E-state index contributed by atoms with van der Waals surface area (Å²) in [5.41, 5.74) is 17.2. The minimum Gasteiger partial charge on any atom is -0.481 e. The predicted octanol–water partition coefficient (Wildman–Crippen LogP) is -4.23. The summed E-state index contributed by atoms with van der Waals surface area (Å²) in [5.74, 6) is -17.9. The van der Waals surface area contributed by atoms with Gasteiger partial charge in [0.15, 0.2) is 5.96 Å². The monoisotopic (exact) mass is 1380 g/mol. The van der Waals surface area contributed by atoms with E-state index in [1.54, 1.807) is 64.3 Å². The molecule has 0 aliphatic heterocycles. The number of hydrogen-bond donors (Lipinski definition) is 19. The Bertz CT molecular complexity index is 2850. The number of amides is 11. The van der Waals surface area contributed by atoms with Gasteiger partial charge in [-0.2, -0.15) is 11.8 Å². The number of rotatable bonds is 47. The second-order valence-corrected chi connectivity index (χ2v) is 24.3. The molecule has 0 fully saturated rings. The van der Waals surface area contributed by atoms with Crippen LogP contribution in [0, 0.1) is 17.8 Å². The van der Waals surface area contributed by atoms with Crippen LogP contribution in [0.1, 0.15) is 125 Å². The predicted molar refractivity (Wildman–Crippen MR) is 348 cm³/mol. The van der Waals surface area contributed by atoms with Crippen molar-refractivity contribution in [1.29, 1.82) is 0 Å². The van der Waals surface area contributed by atoms with E-state index < -0.39 is 201 Å². The van der Waals surface area contributed by atoms with E-state index in [2.05, 4.69) is 63.5 Å². The molecule has 11 amide bonds. The lowest BCUT2D eigenvalue weighted by Gasteiger charge is -2.30. The van der Waals surface area contributed by atoms with Gasteiger partial charge in [-0.1, -0.05) is 84.7 Å². The summed E-state index contributed by atoms with van der Waals surface area (Å²) in [7, 11) is 0. The van der Waals surface area contributed by atoms with Gasteiger partial charge in [0.2, 0.25) is 65.0 Å². The molecule has 96 heavy (non-hydrogen) atoms. The van der Waals surface area contributed by atoms with Gasteiger partial charge in [-0.3, -0.25) is 72.1 Å². The standard InChI is InChI=1S/C60H97N15O20S/c1-9-31(5)47(61)56(91)74-48(32(6)10-2)57(92)69-37(22-24-96-8)53(88)71-39(25-30(3)4)54(89)72-40(26-34-15-12-11-13-16-34)55(90)75-49(33(7)76)58(93)73-41(27-46(83)84)50(85)66-28-42(77)65-29-43(78)67-35(18-20-44(79)80)51(86)68-36(19-21-45(81)82)52(87)70-38(59(94)95)17-14-23-64-60(62)63/h11-13,15-16,30-33,35-41,47-49,76H,9-10,14,17-29,61H2,1-8H3,(H,65,77)(H,66,85)(H,67,78)(H,68,86)(H,69,92)(H,70,87)(H,71,88)(H,72,89)(H,73,93)(H,74,91)(H,75,90)(H,79,80)(H,81,82)(H,83,84)(H,94,95)(H4,62,63,64)/t31-,32-,33+,35-,36-,37-,38-,39-,40-,41-,47-,48-,49-/m0/s1. The minimum absolute atomic E-state index is 0.0107. The van der Waals surface area contributed by atoms with E-state index in [0.29, 0.717) is 24.2 Å². The fourth-order valence-electron chi connectivity index (χ4n) is 9.00. The Balaban J connectivity index is 3.36. The van der Waals surface area contributed by atoms with Crippen molar-refractivity contribution in [2.24, 2.45) is 39.9 Å². The number of aliphatic hydroxyl groups is 1. The molecule has 0 unspecified atom stereocenters. The molecule has 0 saturated heterocycles. The highest BCUT2D eigenvalue weighted by atomic mass is 32.2. The molecule has 538 valence electrons. The quantitative estimate of drug-likeness (QED) is 0.0167. The molecule has 0 radical (unpaired) electrons. The van der Waals surface area contributed by atoms with Crippen molar-refractivity contribution in [2.75, 3.05) is 31.6 Å². The maximum absolute atomic E-state index is 14.4. The number of nitrogens with two attached hydrogens (primary N) is 3. The molecule has 0 bridgehead atoms. The van der Waals surface area contributed by atoms with Crippen molar-refractivity contribution in [1.82, 2.24) is 58.5 Å². The first-order chi connectivity index (χ1) is 45.0. The summed E-state index contributed by atoms with van der Waals surface area (Å²) < 4.78 is 0. The second-order valence-electron chi connectivity index (χ2n) is 23.3. The summed E-state index contributed by atoms with van der Waals surface area (Å²) in [6, 6.07) is -6.92. The van der Waals surface area contributed by atoms with Crippen molar-refractivity contribution in [3.63, 3.8) is 0 Å². The Morgan fingerprint density at radius 2 is 0.969 bits per heavy atom. The molecule has 0 aromatic heterocycles. The SMILES string of the molecule is CC[C@H](C)[C@H](N)C(=O)N[C@H](C(=O)N[C@@H](CCSC)C(=O)N[C@@H](CC(C)C)C(=O)N[C@@H](Cc1ccccc1)C(=O)N[C@H](C(=O)N[C@@H](CC(=O)O)C(=O)NCC(=O)NCC(=O)N[C@@H](CCC(=O)O)C(=O)N[C@@H](CCC(=O)O)C(=O)N[C@@H](CCCN=C(N)N)C(=O)O)[C@@H](C)O)[C@@H](C)CC. The molecule has 0 heterocycles. The Hall–Kier alpha value is -9.19. The summed E-state index contributed by atoms with van der Waals surface area (Å²) in [5, 5.41) is 74.9. The van der Waals surface area contributed by atoms with Gasteiger partial charge in [0.1, 0.15) is 54.4 Å².